The summed E-state index contributed by atoms with van der Waals surface area (Å²) < 4.78 is 15.9. The van der Waals surface area contributed by atoms with Crippen molar-refractivity contribution in [3.63, 3.8) is 0 Å². The Balaban J connectivity index is 2.30. The Kier molecular flexibility index (Phi) is 4.53. The molecule has 0 aliphatic rings. The molecular weight excluding hydrogens is 241 g/mol. The molecule has 0 bridgehead atoms. The van der Waals surface area contributed by atoms with Gasteiger partial charge < -0.3 is 9.88 Å². The molecule has 1 aromatic heterocycles. The molecule has 2 aromatic rings. The third kappa shape index (κ3) is 3.13. The molecule has 0 atom stereocenters. The van der Waals surface area contributed by atoms with Crippen LogP contribution in [0.2, 0.25) is 0 Å². The highest BCUT2D eigenvalue weighted by atomic mass is 19.1. The van der Waals surface area contributed by atoms with Crippen molar-refractivity contribution in [2.75, 3.05) is 6.54 Å². The highest BCUT2D eigenvalue weighted by Gasteiger charge is 2.12. The summed E-state index contributed by atoms with van der Waals surface area (Å²) in [4.78, 5) is 4.48. The lowest BCUT2D eigenvalue weighted by molar-refractivity contribution is 0.567. The lowest BCUT2D eigenvalue weighted by Crippen LogP contribution is -2.25. The number of hydrogen-bond acceptors (Lipinski definition) is 2. The van der Waals surface area contributed by atoms with Crippen molar-refractivity contribution >= 4 is 11.0 Å². The van der Waals surface area contributed by atoms with Crippen LogP contribution >= 0.6 is 0 Å². The van der Waals surface area contributed by atoms with Gasteiger partial charge in [-0.1, -0.05) is 26.8 Å². The molecule has 104 valence electrons. The fourth-order valence-corrected chi connectivity index (χ4v) is 2.30. The van der Waals surface area contributed by atoms with Crippen LogP contribution in [0.25, 0.3) is 11.0 Å². The monoisotopic (exact) mass is 263 g/mol. The van der Waals surface area contributed by atoms with Gasteiger partial charge in [0.2, 0.25) is 0 Å². The molecule has 1 heterocycles. The van der Waals surface area contributed by atoms with Gasteiger partial charge in [-0.2, -0.15) is 0 Å². The van der Waals surface area contributed by atoms with Crippen LogP contribution in [0.5, 0.6) is 0 Å². The van der Waals surface area contributed by atoms with Crippen LogP contribution in [0, 0.1) is 5.82 Å². The molecule has 0 unspecified atom stereocenters. The largest absolute Gasteiger partial charge is 0.328 e. The van der Waals surface area contributed by atoms with E-state index in [0.29, 0.717) is 11.6 Å². The maximum Gasteiger partial charge on any atom is 0.151 e. The van der Waals surface area contributed by atoms with Gasteiger partial charge in [-0.15, -0.1) is 0 Å². The standard InChI is InChI=1S/C15H22FN3/c1-4-10-19-13-7-5-6-12(16)15(13)18-14(19)8-9-17-11(2)3/h5-7,11,17H,4,8-10H2,1-3H3. The van der Waals surface area contributed by atoms with Crippen molar-refractivity contribution in [2.45, 2.75) is 46.2 Å². The predicted molar refractivity (Wildman–Crippen MR) is 76.8 cm³/mol. The number of aromatic nitrogens is 2. The molecule has 0 fully saturated rings. The summed E-state index contributed by atoms with van der Waals surface area (Å²) in [5.74, 6) is 0.737. The van der Waals surface area contributed by atoms with Crippen molar-refractivity contribution < 1.29 is 4.39 Å². The van der Waals surface area contributed by atoms with Crippen LogP contribution in [-0.2, 0) is 13.0 Å². The van der Waals surface area contributed by atoms with Gasteiger partial charge in [0.1, 0.15) is 11.3 Å². The molecular formula is C15H22FN3. The molecule has 19 heavy (non-hydrogen) atoms. The Labute approximate surface area is 113 Å². The van der Waals surface area contributed by atoms with Crippen molar-refractivity contribution in [3.8, 4) is 0 Å². The van der Waals surface area contributed by atoms with E-state index in [1.807, 2.05) is 6.07 Å². The number of nitrogens with one attached hydrogen (secondary N) is 1. The maximum atomic E-state index is 13.8. The number of benzene rings is 1. The number of para-hydroxylation sites is 1. The zero-order chi connectivity index (χ0) is 13.8. The van der Waals surface area contributed by atoms with Gasteiger partial charge in [-0.25, -0.2) is 9.37 Å². The van der Waals surface area contributed by atoms with Crippen molar-refractivity contribution in [1.29, 1.82) is 0 Å². The van der Waals surface area contributed by atoms with E-state index < -0.39 is 0 Å². The maximum absolute atomic E-state index is 13.8. The van der Waals surface area contributed by atoms with E-state index in [4.69, 9.17) is 0 Å². The summed E-state index contributed by atoms with van der Waals surface area (Å²) in [5.41, 5.74) is 1.40. The molecule has 0 aliphatic carbocycles. The zero-order valence-electron chi connectivity index (χ0n) is 11.9. The number of hydrogen-bond donors (Lipinski definition) is 1. The first-order valence-electron chi connectivity index (χ1n) is 7.00. The molecule has 0 spiro atoms. The minimum atomic E-state index is -0.231. The average molecular weight is 263 g/mol. The Morgan fingerprint density at radius 1 is 1.37 bits per heavy atom. The highest BCUT2D eigenvalue weighted by molar-refractivity contribution is 5.76. The second kappa shape index (κ2) is 6.15. The lowest BCUT2D eigenvalue weighted by atomic mass is 10.3. The van der Waals surface area contributed by atoms with E-state index in [-0.39, 0.29) is 5.82 Å². The summed E-state index contributed by atoms with van der Waals surface area (Å²) >= 11 is 0. The van der Waals surface area contributed by atoms with E-state index in [1.165, 1.54) is 6.07 Å². The summed E-state index contributed by atoms with van der Waals surface area (Å²) in [6.45, 7) is 8.12. The van der Waals surface area contributed by atoms with Crippen molar-refractivity contribution in [2.24, 2.45) is 0 Å². The molecule has 1 N–H and O–H groups in total. The third-order valence-electron chi connectivity index (χ3n) is 3.16. The first-order valence-corrected chi connectivity index (χ1v) is 7.00. The highest BCUT2D eigenvalue weighted by Crippen LogP contribution is 2.19. The summed E-state index contributed by atoms with van der Waals surface area (Å²) in [7, 11) is 0. The number of rotatable bonds is 6. The van der Waals surface area contributed by atoms with Crippen molar-refractivity contribution in [1.82, 2.24) is 14.9 Å². The van der Waals surface area contributed by atoms with Crippen LogP contribution < -0.4 is 5.32 Å². The zero-order valence-corrected chi connectivity index (χ0v) is 11.9. The molecule has 2 rings (SSSR count). The molecule has 0 saturated heterocycles. The Morgan fingerprint density at radius 2 is 2.16 bits per heavy atom. The lowest BCUT2D eigenvalue weighted by Gasteiger charge is -2.10. The van der Waals surface area contributed by atoms with E-state index in [9.17, 15) is 4.39 Å². The van der Waals surface area contributed by atoms with Crippen LogP contribution in [0.1, 0.15) is 33.0 Å². The van der Waals surface area contributed by atoms with Gasteiger partial charge in [0.25, 0.3) is 0 Å². The van der Waals surface area contributed by atoms with Crippen LogP contribution in [0.15, 0.2) is 18.2 Å². The number of halogens is 1. The minimum absolute atomic E-state index is 0.231. The summed E-state index contributed by atoms with van der Waals surface area (Å²) in [6.07, 6.45) is 1.85. The van der Waals surface area contributed by atoms with Crippen LogP contribution in [-0.4, -0.2) is 22.1 Å². The first kappa shape index (κ1) is 14.0. The molecule has 0 saturated carbocycles. The smallest absolute Gasteiger partial charge is 0.151 e. The summed E-state index contributed by atoms with van der Waals surface area (Å²) in [5, 5.41) is 3.38. The summed E-state index contributed by atoms with van der Waals surface area (Å²) in [6, 6.07) is 5.63. The SMILES string of the molecule is CCCn1c(CCNC(C)C)nc2c(F)cccc21. The number of aryl methyl sites for hydroxylation is 1. The van der Waals surface area contributed by atoms with E-state index in [0.717, 1.165) is 37.3 Å². The van der Waals surface area contributed by atoms with Gasteiger partial charge in [-0.05, 0) is 18.6 Å². The number of fused-ring (bicyclic) bond motifs is 1. The quantitative estimate of drug-likeness (QED) is 0.867. The van der Waals surface area contributed by atoms with Gasteiger partial charge in [0.05, 0.1) is 5.52 Å². The van der Waals surface area contributed by atoms with Gasteiger partial charge in [0.15, 0.2) is 5.82 Å². The fraction of sp³-hybridized carbons (Fsp3) is 0.533. The van der Waals surface area contributed by atoms with Gasteiger partial charge >= 0.3 is 0 Å². The minimum Gasteiger partial charge on any atom is -0.328 e. The Hall–Kier alpha value is -1.42. The van der Waals surface area contributed by atoms with Crippen LogP contribution in [0.4, 0.5) is 4.39 Å². The van der Waals surface area contributed by atoms with E-state index in [2.05, 4.69) is 35.6 Å². The molecule has 1 aromatic carbocycles. The normalized spacial score (nSPS) is 11.6. The number of imidazole rings is 1. The Bertz CT molecular complexity index is 546. The Morgan fingerprint density at radius 3 is 2.84 bits per heavy atom. The molecule has 0 amide bonds. The molecule has 0 aliphatic heterocycles. The predicted octanol–water partition coefficient (Wildman–Crippen LogP) is 3.13. The topological polar surface area (TPSA) is 29.9 Å². The molecule has 0 radical (unpaired) electrons. The number of nitrogens with zero attached hydrogens (tertiary/aromatic N) is 2. The van der Waals surface area contributed by atoms with E-state index >= 15 is 0 Å². The molecule has 3 nitrogen and oxygen atoms in total. The van der Waals surface area contributed by atoms with Gasteiger partial charge in [-0.3, -0.25) is 0 Å². The van der Waals surface area contributed by atoms with Gasteiger partial charge in [0, 0.05) is 25.6 Å². The second-order valence-corrected chi connectivity index (χ2v) is 5.15. The van der Waals surface area contributed by atoms with Crippen LogP contribution in [0.3, 0.4) is 0 Å². The van der Waals surface area contributed by atoms with Crippen molar-refractivity contribution in [3.05, 3.63) is 29.8 Å². The fourth-order valence-electron chi connectivity index (χ4n) is 2.30. The first-order chi connectivity index (χ1) is 9.13. The molecule has 4 heteroatoms. The third-order valence-corrected chi connectivity index (χ3v) is 3.16. The average Bonchev–Trinajstić information content (AvgIpc) is 2.70. The van der Waals surface area contributed by atoms with E-state index in [1.54, 1.807) is 6.07 Å². The second-order valence-electron chi connectivity index (χ2n) is 5.15.